The van der Waals surface area contributed by atoms with Crippen LogP contribution in [0.3, 0.4) is 0 Å². The van der Waals surface area contributed by atoms with Crippen molar-refractivity contribution in [3.8, 4) is 11.4 Å². The molecule has 24 heavy (non-hydrogen) atoms. The minimum absolute atomic E-state index is 0.301. The lowest BCUT2D eigenvalue weighted by atomic mass is 10.3. The maximum atomic E-state index is 8.23. The Balaban J connectivity index is 1.74. The quantitative estimate of drug-likeness (QED) is 0.561. The number of nitrogens with zero attached hydrogens (tertiary/aromatic N) is 5. The Kier molecular flexibility index (Phi) is 3.46. The third kappa shape index (κ3) is 3.02. The van der Waals surface area contributed by atoms with E-state index in [-0.39, 0.29) is 0 Å². The third-order valence-electron chi connectivity index (χ3n) is 3.31. The molecule has 2 N–H and O–H groups in total. The fraction of sp³-hybridized carbons (Fsp3) is 0.0625. The van der Waals surface area contributed by atoms with E-state index in [1.165, 1.54) is 0 Å². The summed E-state index contributed by atoms with van der Waals surface area (Å²) in [6.45, 7) is 0.301. The molecule has 118 valence electrons. The molecule has 4 aromatic heterocycles. The lowest BCUT2D eigenvalue weighted by Crippen LogP contribution is -2.06. The van der Waals surface area contributed by atoms with Gasteiger partial charge < -0.3 is 9.96 Å². The van der Waals surface area contributed by atoms with E-state index in [9.17, 15) is 0 Å². The molecule has 0 fully saturated rings. The van der Waals surface area contributed by atoms with Crippen molar-refractivity contribution in [1.82, 2.24) is 29.9 Å². The zero-order valence-corrected chi connectivity index (χ0v) is 13.1. The van der Waals surface area contributed by atoms with Crippen LogP contribution in [0.1, 0.15) is 5.69 Å². The van der Waals surface area contributed by atoms with Gasteiger partial charge in [-0.2, -0.15) is 0 Å². The van der Waals surface area contributed by atoms with E-state index in [2.05, 4.69) is 29.9 Å². The fourth-order valence-electron chi connectivity index (χ4n) is 2.20. The number of fused-ring (bicyclic) bond motifs is 1. The predicted molar refractivity (Wildman–Crippen MR) is 90.0 cm³/mol. The molecular weight excluding hydrogens is 326 g/mol. The monoisotopic (exact) mass is 338 g/mol. The minimum Gasteiger partial charge on any atom is -0.322 e. The van der Waals surface area contributed by atoms with Gasteiger partial charge >= 0.3 is 0 Å². The topological polar surface area (TPSA) is 95.5 Å². The van der Waals surface area contributed by atoms with Crippen LogP contribution in [0.25, 0.3) is 22.6 Å². The van der Waals surface area contributed by atoms with Crippen LogP contribution in [0.4, 0.5) is 0 Å². The van der Waals surface area contributed by atoms with Gasteiger partial charge in [0.2, 0.25) is 5.62 Å². The summed E-state index contributed by atoms with van der Waals surface area (Å²) in [4.78, 5) is 25.5. The second-order valence-corrected chi connectivity index (χ2v) is 5.39. The minimum atomic E-state index is 0.301. The summed E-state index contributed by atoms with van der Waals surface area (Å²) in [7, 11) is 0. The van der Waals surface area contributed by atoms with E-state index in [4.69, 9.17) is 13.0 Å². The maximum absolute atomic E-state index is 8.23. The van der Waals surface area contributed by atoms with Crippen LogP contribution in [-0.4, -0.2) is 29.9 Å². The Labute approximate surface area is 143 Å². The molecule has 8 heteroatoms. The second kappa shape index (κ2) is 6.21. The van der Waals surface area contributed by atoms with Crippen molar-refractivity contribution in [2.75, 3.05) is 0 Å². The number of H-pyrrole nitrogens is 2. The van der Waals surface area contributed by atoms with E-state index in [1.54, 1.807) is 24.7 Å². The number of hydrogen-bond donors (Lipinski definition) is 2. The van der Waals surface area contributed by atoms with Crippen LogP contribution >= 0.6 is 11.6 Å². The Morgan fingerprint density at radius 1 is 1.17 bits per heavy atom. The SMILES string of the molecule is [2H]n1c(=NCc2cccc(Cl)n2)[nH]c2cnc(-c3cccnc3)nc21. The Morgan fingerprint density at radius 3 is 2.96 bits per heavy atom. The van der Waals surface area contributed by atoms with Crippen LogP contribution in [0.2, 0.25) is 6.56 Å². The average Bonchev–Trinajstić information content (AvgIpc) is 2.96. The molecule has 4 rings (SSSR count). The average molecular weight is 339 g/mol. The van der Waals surface area contributed by atoms with Crippen LogP contribution in [0, 0.1) is 0 Å². The van der Waals surface area contributed by atoms with Gasteiger partial charge in [0.25, 0.3) is 0 Å². The van der Waals surface area contributed by atoms with Crippen molar-refractivity contribution < 1.29 is 1.41 Å². The number of rotatable bonds is 3. The number of aromatic amines is 2. The molecule has 0 unspecified atom stereocenters. The van der Waals surface area contributed by atoms with Gasteiger partial charge in [-0.05, 0) is 24.3 Å². The van der Waals surface area contributed by atoms with Crippen molar-refractivity contribution >= 4 is 22.8 Å². The molecular formula is C16H12ClN7. The lowest BCUT2D eigenvalue weighted by molar-refractivity contribution is 0.905. The van der Waals surface area contributed by atoms with Crippen LogP contribution in [-0.2, 0) is 6.54 Å². The first-order chi connectivity index (χ1) is 12.2. The number of halogens is 1. The molecule has 0 radical (unpaired) electrons. The molecule has 4 heterocycles. The van der Waals surface area contributed by atoms with Crippen LogP contribution < -0.4 is 5.62 Å². The van der Waals surface area contributed by atoms with E-state index in [0.29, 0.717) is 40.0 Å². The van der Waals surface area contributed by atoms with Gasteiger partial charge in [-0.1, -0.05) is 17.7 Å². The maximum Gasteiger partial charge on any atom is 0.202 e. The number of nitrogens with one attached hydrogen (secondary N) is 2. The van der Waals surface area contributed by atoms with E-state index in [1.807, 2.05) is 24.3 Å². The highest BCUT2D eigenvalue weighted by Gasteiger charge is 2.05. The normalized spacial score (nSPS) is 12.5. The highest BCUT2D eigenvalue weighted by atomic mass is 35.5. The van der Waals surface area contributed by atoms with Gasteiger partial charge in [-0.25, -0.2) is 19.9 Å². The van der Waals surface area contributed by atoms with Crippen molar-refractivity contribution in [3.63, 3.8) is 0 Å². The first kappa shape index (κ1) is 13.4. The first-order valence-electron chi connectivity index (χ1n) is 7.65. The van der Waals surface area contributed by atoms with E-state index in [0.717, 1.165) is 10.5 Å². The van der Waals surface area contributed by atoms with Gasteiger partial charge in [0.1, 0.15) is 10.7 Å². The molecule has 0 amide bonds. The van der Waals surface area contributed by atoms with Gasteiger partial charge in [-0.15, -0.1) is 0 Å². The molecule has 0 saturated heterocycles. The molecule has 0 spiro atoms. The second-order valence-electron chi connectivity index (χ2n) is 5.00. The summed E-state index contributed by atoms with van der Waals surface area (Å²) in [5.41, 5.74) is 2.92. The van der Waals surface area contributed by atoms with Gasteiger partial charge in [0.05, 0.1) is 18.4 Å². The summed E-state index contributed by atoms with van der Waals surface area (Å²) in [5, 5.41) is 0.412. The smallest absolute Gasteiger partial charge is 0.202 e. The number of aromatic nitrogens is 6. The Bertz CT molecular complexity index is 1100. The Morgan fingerprint density at radius 2 is 2.12 bits per heavy atom. The zero-order valence-electron chi connectivity index (χ0n) is 13.4. The summed E-state index contributed by atoms with van der Waals surface area (Å²) < 4.78 is 8.23. The molecule has 0 atom stereocenters. The zero-order chi connectivity index (χ0) is 17.2. The number of hydrogen-bond acceptors (Lipinski definition) is 5. The van der Waals surface area contributed by atoms with Crippen molar-refractivity contribution in [1.29, 1.82) is 0 Å². The molecule has 7 nitrogen and oxygen atoms in total. The van der Waals surface area contributed by atoms with E-state index < -0.39 is 0 Å². The van der Waals surface area contributed by atoms with Crippen molar-refractivity contribution in [3.05, 3.63) is 65.4 Å². The summed E-state index contributed by atoms with van der Waals surface area (Å²) in [6.07, 6.45) is 4.99. The van der Waals surface area contributed by atoms with Gasteiger partial charge in [-0.3, -0.25) is 4.98 Å². The summed E-state index contributed by atoms with van der Waals surface area (Å²) in [5.74, 6) is 0.503. The van der Waals surface area contributed by atoms with Crippen molar-refractivity contribution in [2.24, 2.45) is 4.99 Å². The highest BCUT2D eigenvalue weighted by Crippen LogP contribution is 2.14. The molecule has 0 saturated carbocycles. The number of imidazole rings is 1. The molecule has 4 aromatic rings. The highest BCUT2D eigenvalue weighted by molar-refractivity contribution is 6.29. The predicted octanol–water partition coefficient (Wildman–Crippen LogP) is 2.50. The summed E-state index contributed by atoms with van der Waals surface area (Å²) >= 11 is 5.87. The Hall–Kier alpha value is -3.06. The molecule has 0 aliphatic heterocycles. The van der Waals surface area contributed by atoms with Crippen LogP contribution in [0.5, 0.6) is 0 Å². The number of pyridine rings is 2. The fourth-order valence-corrected chi connectivity index (χ4v) is 2.38. The largest absolute Gasteiger partial charge is 0.322 e. The molecule has 0 aliphatic rings. The molecule has 0 aromatic carbocycles. The van der Waals surface area contributed by atoms with Gasteiger partial charge in [0, 0.05) is 18.0 Å². The molecule has 0 aliphatic carbocycles. The molecule has 0 bridgehead atoms. The standard InChI is InChI=1S/C16H12ClN7/c17-13-5-1-4-11(21-13)8-20-16-22-12-9-19-14(23-15(12)24-16)10-3-2-6-18-7-10/h1-7,9H,8H2,(H2,19,20,22,23,24)/i/hD. The lowest BCUT2D eigenvalue weighted by Gasteiger charge is -1.97. The van der Waals surface area contributed by atoms with Crippen LogP contribution in [0.15, 0.2) is 53.9 Å². The first-order valence-corrected chi connectivity index (χ1v) is 7.58. The third-order valence-corrected chi connectivity index (χ3v) is 3.52. The van der Waals surface area contributed by atoms with Gasteiger partial charge in [0.15, 0.2) is 12.9 Å². The van der Waals surface area contributed by atoms with E-state index >= 15 is 0 Å². The summed E-state index contributed by atoms with van der Waals surface area (Å²) in [6, 6.07) is 9.02. The van der Waals surface area contributed by atoms with Crippen molar-refractivity contribution in [2.45, 2.75) is 6.54 Å².